The lowest BCUT2D eigenvalue weighted by molar-refractivity contribution is -0.142. The third-order valence-corrected chi connectivity index (χ3v) is 5.29. The van der Waals surface area contributed by atoms with Crippen molar-refractivity contribution in [2.24, 2.45) is 0 Å². The van der Waals surface area contributed by atoms with Gasteiger partial charge in [-0.2, -0.15) is 8.78 Å². The summed E-state index contributed by atoms with van der Waals surface area (Å²) in [6, 6.07) is 11.2. The van der Waals surface area contributed by atoms with Crippen molar-refractivity contribution in [2.45, 2.75) is 12.7 Å². The fourth-order valence-corrected chi connectivity index (χ4v) is 3.65. The normalized spacial score (nSPS) is 17.8. The predicted molar refractivity (Wildman–Crippen MR) is 108 cm³/mol. The molecule has 2 heterocycles. The second-order valence-electron chi connectivity index (χ2n) is 7.23. The first kappa shape index (κ1) is 21.7. The largest absolute Gasteiger partial charge is 0.493 e. The van der Waals surface area contributed by atoms with Gasteiger partial charge in [-0.25, -0.2) is 0 Å². The second-order valence-corrected chi connectivity index (χ2v) is 7.23. The van der Waals surface area contributed by atoms with Gasteiger partial charge in [0.15, 0.2) is 23.0 Å². The zero-order chi connectivity index (χ0) is 22.7. The molecule has 2 amide bonds. The Labute approximate surface area is 183 Å². The lowest BCUT2D eigenvalue weighted by atomic mass is 10.1. The summed E-state index contributed by atoms with van der Waals surface area (Å²) in [6.07, 6.45) is -0.737. The van der Waals surface area contributed by atoms with Gasteiger partial charge in [0, 0.05) is 31.7 Å². The molecule has 2 aliphatic heterocycles. The van der Waals surface area contributed by atoms with Gasteiger partial charge in [0.05, 0.1) is 7.11 Å². The van der Waals surface area contributed by atoms with Gasteiger partial charge >= 0.3 is 6.61 Å². The summed E-state index contributed by atoms with van der Waals surface area (Å²) in [4.78, 5) is 28.9. The molecule has 2 aromatic carbocycles. The Morgan fingerprint density at radius 3 is 2.38 bits per heavy atom. The van der Waals surface area contributed by atoms with Crippen molar-refractivity contribution in [3.63, 3.8) is 0 Å². The lowest BCUT2D eigenvalue weighted by Crippen LogP contribution is -2.55. The summed E-state index contributed by atoms with van der Waals surface area (Å²) in [6.45, 7) is -1.53. The van der Waals surface area contributed by atoms with Gasteiger partial charge in [0.1, 0.15) is 6.61 Å². The van der Waals surface area contributed by atoms with Crippen LogP contribution in [0.4, 0.5) is 8.78 Å². The van der Waals surface area contributed by atoms with Crippen LogP contribution in [-0.2, 0) is 4.79 Å². The molecule has 2 aliphatic rings. The monoisotopic (exact) mass is 448 g/mol. The van der Waals surface area contributed by atoms with Crippen molar-refractivity contribution in [1.29, 1.82) is 0 Å². The summed E-state index contributed by atoms with van der Waals surface area (Å²) >= 11 is 0. The van der Waals surface area contributed by atoms with Crippen LogP contribution in [0.5, 0.6) is 23.0 Å². The maximum absolute atomic E-state index is 12.9. The molecule has 8 nitrogen and oxygen atoms in total. The Morgan fingerprint density at radius 1 is 1.00 bits per heavy atom. The van der Waals surface area contributed by atoms with Crippen molar-refractivity contribution < 1.29 is 37.3 Å². The van der Waals surface area contributed by atoms with Crippen LogP contribution in [0.2, 0.25) is 0 Å². The molecule has 0 N–H and O–H groups in total. The van der Waals surface area contributed by atoms with Crippen molar-refractivity contribution in [3.05, 3.63) is 48.0 Å². The molecule has 10 heteroatoms. The van der Waals surface area contributed by atoms with E-state index in [4.69, 9.17) is 14.2 Å². The van der Waals surface area contributed by atoms with Crippen molar-refractivity contribution in [2.75, 3.05) is 39.9 Å². The van der Waals surface area contributed by atoms with Crippen molar-refractivity contribution >= 4 is 11.8 Å². The summed E-state index contributed by atoms with van der Waals surface area (Å²) in [5.74, 6) is 0.545. The molecule has 1 saturated heterocycles. The first-order valence-corrected chi connectivity index (χ1v) is 10.1. The van der Waals surface area contributed by atoms with Crippen LogP contribution in [0.25, 0.3) is 0 Å². The molecular formula is C22H22F2N2O6. The third-order valence-electron chi connectivity index (χ3n) is 5.29. The minimum Gasteiger partial charge on any atom is -0.493 e. The molecule has 4 rings (SSSR count). The van der Waals surface area contributed by atoms with Gasteiger partial charge in [-0.3, -0.25) is 9.59 Å². The van der Waals surface area contributed by atoms with E-state index in [1.807, 2.05) is 6.07 Å². The average Bonchev–Trinajstić information content (AvgIpc) is 2.83. The number of hydrogen-bond donors (Lipinski definition) is 0. The molecule has 170 valence electrons. The number of nitrogens with zero attached hydrogens (tertiary/aromatic N) is 2. The summed E-state index contributed by atoms with van der Waals surface area (Å²) in [5, 5.41) is 0. The molecule has 1 atom stereocenters. The number of ether oxygens (including phenoxy) is 4. The Kier molecular flexibility index (Phi) is 6.29. The highest BCUT2D eigenvalue weighted by Crippen LogP contribution is 2.32. The van der Waals surface area contributed by atoms with Crippen molar-refractivity contribution in [3.8, 4) is 23.0 Å². The van der Waals surface area contributed by atoms with Crippen molar-refractivity contribution in [1.82, 2.24) is 9.80 Å². The van der Waals surface area contributed by atoms with Gasteiger partial charge in [-0.15, -0.1) is 0 Å². The van der Waals surface area contributed by atoms with E-state index in [1.165, 1.54) is 25.3 Å². The van der Waals surface area contributed by atoms with E-state index in [9.17, 15) is 18.4 Å². The number of benzene rings is 2. The number of amides is 2. The smallest absolute Gasteiger partial charge is 0.387 e. The fraction of sp³-hybridized carbons (Fsp3) is 0.364. The summed E-state index contributed by atoms with van der Waals surface area (Å²) < 4.78 is 45.8. The van der Waals surface area contributed by atoms with Gasteiger partial charge in [0.25, 0.3) is 11.8 Å². The maximum Gasteiger partial charge on any atom is 0.387 e. The molecule has 2 aromatic rings. The Morgan fingerprint density at radius 2 is 1.69 bits per heavy atom. The van der Waals surface area contributed by atoms with Gasteiger partial charge in [-0.05, 0) is 30.3 Å². The second kappa shape index (κ2) is 9.29. The van der Waals surface area contributed by atoms with E-state index in [0.29, 0.717) is 37.7 Å². The number of carbonyl (C=O) groups is 2. The third kappa shape index (κ3) is 4.53. The van der Waals surface area contributed by atoms with E-state index in [0.717, 1.165) is 0 Å². The number of halogens is 2. The SMILES string of the molecule is COc1cc(C(=O)N2CCN(C(=O)[C@@H]3COc4ccccc4O3)CC2)ccc1OC(F)F. The molecule has 0 saturated carbocycles. The maximum atomic E-state index is 12.9. The molecule has 0 aromatic heterocycles. The van der Waals surface area contributed by atoms with Gasteiger partial charge in [0.2, 0.25) is 6.10 Å². The van der Waals surface area contributed by atoms with Crippen LogP contribution in [0, 0.1) is 0 Å². The molecule has 0 unspecified atom stereocenters. The summed E-state index contributed by atoms with van der Waals surface area (Å²) in [5.41, 5.74) is 0.281. The quantitative estimate of drug-likeness (QED) is 0.699. The average molecular weight is 448 g/mol. The topological polar surface area (TPSA) is 77.5 Å². The highest BCUT2D eigenvalue weighted by atomic mass is 19.3. The van der Waals surface area contributed by atoms with Crippen LogP contribution >= 0.6 is 0 Å². The van der Waals surface area contributed by atoms with Gasteiger partial charge in [-0.1, -0.05) is 12.1 Å². The number of methoxy groups -OCH3 is 1. The Hall–Kier alpha value is -3.56. The minimum atomic E-state index is -3.00. The number of carbonyl (C=O) groups excluding carboxylic acids is 2. The van der Waals surface area contributed by atoms with Crippen LogP contribution in [-0.4, -0.2) is 74.2 Å². The van der Waals surface area contributed by atoms with E-state index < -0.39 is 12.7 Å². The number of para-hydroxylation sites is 2. The first-order valence-electron chi connectivity index (χ1n) is 10.1. The highest BCUT2D eigenvalue weighted by molar-refractivity contribution is 5.95. The predicted octanol–water partition coefficient (Wildman–Crippen LogP) is 2.42. The molecule has 0 bridgehead atoms. The number of alkyl halides is 2. The Balaban J connectivity index is 1.35. The summed E-state index contributed by atoms with van der Waals surface area (Å²) in [7, 11) is 1.31. The van der Waals surface area contributed by atoms with Crippen LogP contribution in [0.1, 0.15) is 10.4 Å². The van der Waals surface area contributed by atoms with Crippen LogP contribution in [0.3, 0.4) is 0 Å². The van der Waals surface area contributed by atoms with E-state index in [1.54, 1.807) is 28.0 Å². The molecule has 1 fully saturated rings. The Bertz CT molecular complexity index is 994. The molecule has 0 radical (unpaired) electrons. The number of piperazine rings is 1. The van der Waals surface area contributed by atoms with Crippen LogP contribution < -0.4 is 18.9 Å². The molecule has 32 heavy (non-hydrogen) atoms. The lowest BCUT2D eigenvalue weighted by Gasteiger charge is -2.37. The molecule has 0 spiro atoms. The molecule has 0 aliphatic carbocycles. The zero-order valence-electron chi connectivity index (χ0n) is 17.3. The van der Waals surface area contributed by atoms with E-state index in [2.05, 4.69) is 4.74 Å². The van der Waals surface area contributed by atoms with E-state index in [-0.39, 0.29) is 35.5 Å². The van der Waals surface area contributed by atoms with E-state index >= 15 is 0 Å². The highest BCUT2D eigenvalue weighted by Gasteiger charge is 2.33. The number of hydrogen-bond acceptors (Lipinski definition) is 6. The zero-order valence-corrected chi connectivity index (χ0v) is 17.3. The minimum absolute atomic E-state index is 0.0414. The van der Waals surface area contributed by atoms with Gasteiger partial charge < -0.3 is 28.7 Å². The number of rotatable bonds is 5. The molecular weight excluding hydrogens is 426 g/mol. The first-order chi connectivity index (χ1) is 15.5. The number of fused-ring (bicyclic) bond motifs is 1. The fourth-order valence-electron chi connectivity index (χ4n) is 3.65. The van der Waals surface area contributed by atoms with Crippen LogP contribution in [0.15, 0.2) is 42.5 Å². The standard InChI is InChI=1S/C22H22F2N2O6/c1-29-18-12-14(6-7-17(18)32-22(23)24)20(27)25-8-10-26(11-9-25)21(28)19-13-30-15-4-2-3-5-16(15)31-19/h2-7,12,19,22H,8-11,13H2,1H3/t19-/m0/s1.